The van der Waals surface area contributed by atoms with Crippen LogP contribution in [0.15, 0.2) is 23.8 Å². The first-order valence-electron chi connectivity index (χ1n) is 4.32. The fraction of sp³-hybridized carbons (Fsp3) is 0.333. The van der Waals surface area contributed by atoms with Gasteiger partial charge in [0, 0.05) is 0 Å². The summed E-state index contributed by atoms with van der Waals surface area (Å²) in [4.78, 5) is 10.5. The molecule has 0 aromatic heterocycles. The van der Waals surface area contributed by atoms with Gasteiger partial charge in [-0.25, -0.2) is 0 Å². The second kappa shape index (κ2) is 4.76. The first-order chi connectivity index (χ1) is 6.63. The number of carbonyl (C=O) groups is 1. The van der Waals surface area contributed by atoms with Crippen molar-refractivity contribution in [2.75, 3.05) is 0 Å². The molecule has 0 saturated carbocycles. The minimum atomic E-state index is -1.01. The number of aliphatic carboxylic acids is 1. The molecular formula is C9H12BNO3. The molecule has 0 fully saturated rings. The molecule has 1 aliphatic carbocycles. The standard InChI is InChI=1S/C9H12BNO3/c11-8(9(12)13)5-6-2-1-3-7(4-6)10-14/h1-2,4,8,14H,3,5,11H2,(H,12,13)/t8-/m0/s1. The zero-order valence-corrected chi connectivity index (χ0v) is 7.68. The van der Waals surface area contributed by atoms with Crippen LogP contribution in [0.3, 0.4) is 0 Å². The maximum absolute atomic E-state index is 10.5. The van der Waals surface area contributed by atoms with Crippen molar-refractivity contribution in [2.24, 2.45) is 5.73 Å². The van der Waals surface area contributed by atoms with E-state index in [1.165, 1.54) is 0 Å². The molecular weight excluding hydrogens is 181 g/mol. The van der Waals surface area contributed by atoms with E-state index in [1.54, 1.807) is 6.08 Å². The van der Waals surface area contributed by atoms with Gasteiger partial charge in [-0.1, -0.05) is 0 Å². The number of carboxylic acid groups (broad SMARTS) is 1. The molecule has 14 heavy (non-hydrogen) atoms. The predicted octanol–water partition coefficient (Wildman–Crippen LogP) is -0.541. The number of nitrogens with two attached hydrogens (primary N) is 1. The molecule has 1 rings (SSSR count). The van der Waals surface area contributed by atoms with Gasteiger partial charge in [0.05, 0.1) is 0 Å². The van der Waals surface area contributed by atoms with E-state index in [0.29, 0.717) is 6.42 Å². The van der Waals surface area contributed by atoms with Gasteiger partial charge in [0.2, 0.25) is 0 Å². The van der Waals surface area contributed by atoms with Crippen LogP contribution in [0.25, 0.3) is 0 Å². The number of hydrogen-bond donors (Lipinski definition) is 3. The molecule has 0 amide bonds. The second-order valence-corrected chi connectivity index (χ2v) is 3.18. The van der Waals surface area contributed by atoms with Crippen LogP contribution in [0.5, 0.6) is 0 Å². The first kappa shape index (κ1) is 10.7. The summed E-state index contributed by atoms with van der Waals surface area (Å²) in [7, 11) is 1.02. The summed E-state index contributed by atoms with van der Waals surface area (Å²) in [6.45, 7) is 0. The molecule has 0 aliphatic heterocycles. The summed E-state index contributed by atoms with van der Waals surface area (Å²) >= 11 is 0. The molecule has 0 heterocycles. The molecule has 1 aliphatic rings. The summed E-state index contributed by atoms with van der Waals surface area (Å²) < 4.78 is 0. The van der Waals surface area contributed by atoms with Crippen LogP contribution in [0.4, 0.5) is 0 Å². The van der Waals surface area contributed by atoms with Crippen LogP contribution >= 0.6 is 0 Å². The Kier molecular flexibility index (Phi) is 3.65. The summed E-state index contributed by atoms with van der Waals surface area (Å²) in [6.07, 6.45) is 6.40. The molecule has 5 heteroatoms. The van der Waals surface area contributed by atoms with Crippen LogP contribution in [-0.2, 0) is 4.79 Å². The van der Waals surface area contributed by atoms with Crippen molar-refractivity contribution in [1.82, 2.24) is 0 Å². The van der Waals surface area contributed by atoms with Crippen LogP contribution in [0, 0.1) is 0 Å². The summed E-state index contributed by atoms with van der Waals surface area (Å²) in [5.74, 6) is -1.01. The minimum absolute atomic E-state index is 0.281. The summed E-state index contributed by atoms with van der Waals surface area (Å²) in [5, 5.41) is 17.4. The maximum atomic E-state index is 10.5. The van der Waals surface area contributed by atoms with Gasteiger partial charge >= 0.3 is 81.9 Å². The monoisotopic (exact) mass is 193 g/mol. The van der Waals surface area contributed by atoms with Gasteiger partial charge < -0.3 is 0 Å². The van der Waals surface area contributed by atoms with Gasteiger partial charge in [-0.3, -0.25) is 0 Å². The van der Waals surface area contributed by atoms with Crippen molar-refractivity contribution < 1.29 is 14.9 Å². The Hall–Kier alpha value is -1.36. The number of carboxylic acids is 1. The van der Waals surface area contributed by atoms with Gasteiger partial charge in [0.1, 0.15) is 0 Å². The third-order valence-corrected chi connectivity index (χ3v) is 1.99. The molecule has 0 bridgehead atoms. The van der Waals surface area contributed by atoms with Gasteiger partial charge in [-0.2, -0.15) is 0 Å². The Morgan fingerprint density at radius 1 is 1.71 bits per heavy atom. The zero-order valence-electron chi connectivity index (χ0n) is 7.68. The summed E-state index contributed by atoms with van der Waals surface area (Å²) in [5.41, 5.74) is 6.97. The average Bonchev–Trinajstić information content (AvgIpc) is 2.18. The van der Waals surface area contributed by atoms with E-state index < -0.39 is 12.0 Å². The molecule has 0 radical (unpaired) electrons. The normalized spacial score (nSPS) is 20.1. The fourth-order valence-electron chi connectivity index (χ4n) is 1.25. The Morgan fingerprint density at radius 3 is 3.00 bits per heavy atom. The van der Waals surface area contributed by atoms with E-state index in [4.69, 9.17) is 15.9 Å². The number of rotatable bonds is 3. The van der Waals surface area contributed by atoms with E-state index in [2.05, 4.69) is 0 Å². The molecule has 0 unspecified atom stereocenters. The molecule has 1 atom stereocenters. The predicted molar refractivity (Wildman–Crippen MR) is 55.0 cm³/mol. The molecule has 74 valence electrons. The average molecular weight is 193 g/mol. The van der Waals surface area contributed by atoms with Gasteiger partial charge in [0.15, 0.2) is 0 Å². The third-order valence-electron chi connectivity index (χ3n) is 1.99. The molecule has 0 aromatic rings. The van der Waals surface area contributed by atoms with Crippen LogP contribution < -0.4 is 5.73 Å². The van der Waals surface area contributed by atoms with Crippen LogP contribution in [0.1, 0.15) is 12.8 Å². The number of allylic oxidation sites excluding steroid dienone is 3. The van der Waals surface area contributed by atoms with Gasteiger partial charge in [-0.05, 0) is 0 Å². The van der Waals surface area contributed by atoms with E-state index in [0.717, 1.165) is 18.2 Å². The summed E-state index contributed by atoms with van der Waals surface area (Å²) in [6, 6.07) is -0.885. The number of hydrogen-bond acceptors (Lipinski definition) is 3. The molecule has 0 saturated heterocycles. The Bertz CT molecular complexity index is 320. The molecule has 0 spiro atoms. The Labute approximate surface area is 82.7 Å². The molecule has 4 N–H and O–H groups in total. The van der Waals surface area contributed by atoms with E-state index in [9.17, 15) is 4.79 Å². The molecule has 4 nitrogen and oxygen atoms in total. The van der Waals surface area contributed by atoms with Gasteiger partial charge in [0.25, 0.3) is 0 Å². The van der Waals surface area contributed by atoms with Crippen LogP contribution in [-0.4, -0.2) is 34.7 Å². The second-order valence-electron chi connectivity index (χ2n) is 3.18. The van der Waals surface area contributed by atoms with Crippen LogP contribution in [0.2, 0.25) is 0 Å². The molecule has 0 aromatic carbocycles. The Morgan fingerprint density at radius 2 is 2.43 bits per heavy atom. The zero-order chi connectivity index (χ0) is 10.6. The van der Waals surface area contributed by atoms with Crippen molar-refractivity contribution in [3.63, 3.8) is 0 Å². The topological polar surface area (TPSA) is 83.5 Å². The van der Waals surface area contributed by atoms with Crippen molar-refractivity contribution in [1.29, 1.82) is 0 Å². The van der Waals surface area contributed by atoms with E-state index in [1.807, 2.05) is 12.2 Å². The van der Waals surface area contributed by atoms with Gasteiger partial charge in [-0.15, -0.1) is 0 Å². The quantitative estimate of drug-likeness (QED) is 0.525. The van der Waals surface area contributed by atoms with E-state index >= 15 is 0 Å². The fourth-order valence-corrected chi connectivity index (χ4v) is 1.25. The van der Waals surface area contributed by atoms with Crippen molar-refractivity contribution in [2.45, 2.75) is 18.9 Å². The van der Waals surface area contributed by atoms with Crippen molar-refractivity contribution >= 4 is 18.6 Å². The van der Waals surface area contributed by atoms with E-state index in [-0.39, 0.29) is 6.42 Å². The third kappa shape index (κ3) is 2.85. The SMILES string of the molecule is N[C@@H](CC1=C/C(=B/O)CC=C1)C(=O)O. The van der Waals surface area contributed by atoms with Crippen molar-refractivity contribution in [3.05, 3.63) is 23.8 Å². The first-order valence-corrected chi connectivity index (χ1v) is 4.32. The Balaban J connectivity index is 2.65. The van der Waals surface area contributed by atoms with Crippen molar-refractivity contribution in [3.8, 4) is 0 Å².